The number of amides is 1. The molecule has 1 heterocycles. The van der Waals surface area contributed by atoms with Crippen LogP contribution in [-0.4, -0.2) is 22.3 Å². The van der Waals surface area contributed by atoms with Crippen LogP contribution in [0.1, 0.15) is 16.1 Å². The van der Waals surface area contributed by atoms with Gasteiger partial charge in [0.2, 0.25) is 0 Å². The standard InChI is InChI=1S/C25H18N4O/c30-25(29-26-16-19-11-5-9-17-7-1-3-12-20(17)19)24-15-23(27-28-24)22-14-6-10-18-8-2-4-13-21(18)22/h1-16H,(H,27,28)(H,29,30)/b26-16-. The second-order valence-corrected chi connectivity index (χ2v) is 6.96. The maximum absolute atomic E-state index is 12.5. The molecular formula is C25H18N4O. The molecule has 0 bridgehead atoms. The summed E-state index contributed by atoms with van der Waals surface area (Å²) in [7, 11) is 0. The van der Waals surface area contributed by atoms with Crippen molar-refractivity contribution >= 4 is 33.7 Å². The summed E-state index contributed by atoms with van der Waals surface area (Å²) < 4.78 is 0. The predicted octanol–water partition coefficient (Wildman–Crippen LogP) is 5.15. The van der Waals surface area contributed by atoms with Crippen LogP contribution in [0.5, 0.6) is 0 Å². The van der Waals surface area contributed by atoms with Crippen molar-refractivity contribution in [2.45, 2.75) is 0 Å². The van der Waals surface area contributed by atoms with Gasteiger partial charge < -0.3 is 0 Å². The molecule has 0 radical (unpaired) electrons. The molecule has 4 aromatic carbocycles. The summed E-state index contributed by atoms with van der Waals surface area (Å²) in [6.45, 7) is 0. The van der Waals surface area contributed by atoms with Gasteiger partial charge in [-0.2, -0.15) is 10.2 Å². The van der Waals surface area contributed by atoms with Gasteiger partial charge in [0.05, 0.1) is 11.9 Å². The number of nitrogens with zero attached hydrogens (tertiary/aromatic N) is 2. The van der Waals surface area contributed by atoms with E-state index >= 15 is 0 Å². The third kappa shape index (κ3) is 3.33. The molecule has 0 atom stereocenters. The van der Waals surface area contributed by atoms with E-state index in [1.54, 1.807) is 12.3 Å². The van der Waals surface area contributed by atoms with E-state index in [0.29, 0.717) is 5.69 Å². The quantitative estimate of drug-likeness (QED) is 0.329. The lowest BCUT2D eigenvalue weighted by atomic mass is 10.0. The maximum atomic E-state index is 12.5. The van der Waals surface area contributed by atoms with E-state index in [1.807, 2.05) is 72.8 Å². The second kappa shape index (κ2) is 7.64. The number of hydrogen-bond acceptors (Lipinski definition) is 3. The van der Waals surface area contributed by atoms with Gasteiger partial charge in [0.1, 0.15) is 5.69 Å². The Morgan fingerprint density at radius 2 is 1.50 bits per heavy atom. The average Bonchev–Trinajstić information content (AvgIpc) is 3.29. The fourth-order valence-corrected chi connectivity index (χ4v) is 3.61. The number of rotatable bonds is 4. The Hall–Kier alpha value is -4.25. The van der Waals surface area contributed by atoms with Gasteiger partial charge in [-0.15, -0.1) is 0 Å². The number of carbonyl (C=O) groups is 1. The highest BCUT2D eigenvalue weighted by atomic mass is 16.2. The molecule has 2 N–H and O–H groups in total. The number of H-pyrrole nitrogens is 1. The summed E-state index contributed by atoms with van der Waals surface area (Å²) in [6, 6.07) is 29.9. The molecule has 0 unspecified atom stereocenters. The Bertz CT molecular complexity index is 1390. The molecule has 0 saturated carbocycles. The van der Waals surface area contributed by atoms with Gasteiger partial charge >= 0.3 is 0 Å². The van der Waals surface area contributed by atoms with Crippen molar-refractivity contribution in [3.05, 3.63) is 102 Å². The Morgan fingerprint density at radius 3 is 2.33 bits per heavy atom. The van der Waals surface area contributed by atoms with Gasteiger partial charge in [-0.3, -0.25) is 9.89 Å². The lowest BCUT2D eigenvalue weighted by Gasteiger charge is -2.03. The van der Waals surface area contributed by atoms with Crippen molar-refractivity contribution in [1.29, 1.82) is 0 Å². The van der Waals surface area contributed by atoms with E-state index in [1.165, 1.54) is 0 Å². The SMILES string of the molecule is O=C(N/N=C\c1cccc2ccccc12)c1cc(-c2cccc3ccccc23)n[nH]1. The van der Waals surface area contributed by atoms with Crippen molar-refractivity contribution in [1.82, 2.24) is 15.6 Å². The van der Waals surface area contributed by atoms with Gasteiger partial charge in [0.15, 0.2) is 0 Å². The molecule has 0 aliphatic rings. The van der Waals surface area contributed by atoms with E-state index in [0.717, 1.165) is 38.4 Å². The van der Waals surface area contributed by atoms with Crippen molar-refractivity contribution < 1.29 is 4.79 Å². The molecule has 144 valence electrons. The number of aromatic nitrogens is 2. The van der Waals surface area contributed by atoms with Crippen LogP contribution in [0.2, 0.25) is 0 Å². The Kier molecular flexibility index (Phi) is 4.54. The monoisotopic (exact) mass is 390 g/mol. The van der Waals surface area contributed by atoms with Crippen LogP contribution in [0.3, 0.4) is 0 Å². The number of fused-ring (bicyclic) bond motifs is 2. The molecule has 0 fully saturated rings. The van der Waals surface area contributed by atoms with Crippen LogP contribution < -0.4 is 5.43 Å². The highest BCUT2D eigenvalue weighted by molar-refractivity contribution is 6.01. The van der Waals surface area contributed by atoms with Gasteiger partial charge in [-0.1, -0.05) is 84.9 Å². The van der Waals surface area contributed by atoms with Gasteiger partial charge in [-0.25, -0.2) is 5.43 Å². The summed E-state index contributed by atoms with van der Waals surface area (Å²) in [4.78, 5) is 12.5. The zero-order chi connectivity index (χ0) is 20.3. The summed E-state index contributed by atoms with van der Waals surface area (Å²) >= 11 is 0. The molecule has 0 aliphatic carbocycles. The van der Waals surface area contributed by atoms with Crippen LogP contribution in [-0.2, 0) is 0 Å². The van der Waals surface area contributed by atoms with Gasteiger partial charge in [-0.05, 0) is 27.6 Å². The van der Waals surface area contributed by atoms with Crippen LogP contribution in [0, 0.1) is 0 Å². The van der Waals surface area contributed by atoms with Crippen LogP contribution in [0.4, 0.5) is 0 Å². The number of hydrogen-bond donors (Lipinski definition) is 2. The summed E-state index contributed by atoms with van der Waals surface area (Å²) in [5, 5.41) is 15.7. The highest BCUT2D eigenvalue weighted by Crippen LogP contribution is 2.27. The second-order valence-electron chi connectivity index (χ2n) is 6.96. The first-order valence-corrected chi connectivity index (χ1v) is 9.64. The normalized spacial score (nSPS) is 11.3. The molecule has 5 nitrogen and oxygen atoms in total. The third-order valence-corrected chi connectivity index (χ3v) is 5.08. The van der Waals surface area contributed by atoms with Gasteiger partial charge in [0.25, 0.3) is 5.91 Å². The minimum absolute atomic E-state index is 0.342. The molecule has 0 spiro atoms. The fourth-order valence-electron chi connectivity index (χ4n) is 3.61. The van der Waals surface area contributed by atoms with Crippen LogP contribution >= 0.6 is 0 Å². The summed E-state index contributed by atoms with van der Waals surface area (Å²) in [5.41, 5.74) is 5.56. The first-order chi connectivity index (χ1) is 14.8. The third-order valence-electron chi connectivity index (χ3n) is 5.08. The highest BCUT2D eigenvalue weighted by Gasteiger charge is 2.12. The summed E-state index contributed by atoms with van der Waals surface area (Å²) in [6.07, 6.45) is 1.65. The molecule has 5 heteroatoms. The largest absolute Gasteiger partial charge is 0.289 e. The molecule has 5 aromatic rings. The fraction of sp³-hybridized carbons (Fsp3) is 0. The molecule has 1 aromatic heterocycles. The molecule has 30 heavy (non-hydrogen) atoms. The molecular weight excluding hydrogens is 372 g/mol. The smallest absolute Gasteiger partial charge is 0.272 e. The van der Waals surface area contributed by atoms with E-state index < -0.39 is 0 Å². The zero-order valence-corrected chi connectivity index (χ0v) is 16.0. The topological polar surface area (TPSA) is 70.1 Å². The number of benzene rings is 4. The summed E-state index contributed by atoms with van der Waals surface area (Å²) in [5.74, 6) is -0.342. The number of carbonyl (C=O) groups excluding carboxylic acids is 1. The first kappa shape index (κ1) is 17.8. The minimum Gasteiger partial charge on any atom is -0.272 e. The van der Waals surface area contributed by atoms with Gasteiger partial charge in [0, 0.05) is 11.1 Å². The van der Waals surface area contributed by atoms with E-state index in [4.69, 9.17) is 0 Å². The molecule has 0 aliphatic heterocycles. The Labute approximate surface area is 173 Å². The van der Waals surface area contributed by atoms with Crippen molar-refractivity contribution in [3.8, 4) is 11.3 Å². The lowest BCUT2D eigenvalue weighted by Crippen LogP contribution is -2.18. The number of aromatic amines is 1. The molecule has 0 saturated heterocycles. The molecule has 5 rings (SSSR count). The van der Waals surface area contributed by atoms with E-state index in [-0.39, 0.29) is 5.91 Å². The Balaban J connectivity index is 1.36. The number of nitrogens with one attached hydrogen (secondary N) is 2. The minimum atomic E-state index is -0.342. The Morgan fingerprint density at radius 1 is 0.833 bits per heavy atom. The van der Waals surface area contributed by atoms with Crippen molar-refractivity contribution in [2.75, 3.05) is 0 Å². The number of hydrazone groups is 1. The average molecular weight is 390 g/mol. The van der Waals surface area contributed by atoms with E-state index in [2.05, 4.69) is 32.9 Å². The first-order valence-electron chi connectivity index (χ1n) is 9.64. The van der Waals surface area contributed by atoms with E-state index in [9.17, 15) is 4.79 Å². The molecule has 1 amide bonds. The van der Waals surface area contributed by atoms with Crippen LogP contribution in [0.15, 0.2) is 96.1 Å². The van der Waals surface area contributed by atoms with Crippen LogP contribution in [0.25, 0.3) is 32.8 Å². The maximum Gasteiger partial charge on any atom is 0.289 e. The van der Waals surface area contributed by atoms with Crippen molar-refractivity contribution in [2.24, 2.45) is 5.10 Å². The lowest BCUT2D eigenvalue weighted by molar-refractivity contribution is 0.0950. The predicted molar refractivity (Wildman–Crippen MR) is 121 cm³/mol. The van der Waals surface area contributed by atoms with Crippen molar-refractivity contribution in [3.63, 3.8) is 0 Å². The zero-order valence-electron chi connectivity index (χ0n) is 16.0.